The molecule has 3 aromatic rings. The molecule has 0 unspecified atom stereocenters. The monoisotopic (exact) mass is 332 g/mol. The number of fused-ring (bicyclic) bond motifs is 1. The second-order valence-electron chi connectivity index (χ2n) is 4.52. The van der Waals surface area contributed by atoms with Crippen molar-refractivity contribution in [1.82, 2.24) is 4.98 Å². The quantitative estimate of drug-likeness (QED) is 0.754. The van der Waals surface area contributed by atoms with Gasteiger partial charge in [-0.05, 0) is 40.2 Å². The van der Waals surface area contributed by atoms with E-state index in [4.69, 9.17) is 4.42 Å². The summed E-state index contributed by atoms with van der Waals surface area (Å²) < 4.78 is 6.13. The van der Waals surface area contributed by atoms with Gasteiger partial charge in [0.25, 0.3) is 0 Å². The molecule has 0 fully saturated rings. The summed E-state index contributed by atoms with van der Waals surface area (Å²) in [5.41, 5.74) is 3.37. The van der Waals surface area contributed by atoms with Crippen molar-refractivity contribution in [2.75, 3.05) is 5.32 Å². The molecule has 20 heavy (non-hydrogen) atoms. The third-order valence-corrected chi connectivity index (χ3v) is 3.69. The van der Waals surface area contributed by atoms with Gasteiger partial charge in [-0.2, -0.15) is 0 Å². The summed E-state index contributed by atoms with van der Waals surface area (Å²) in [5.74, 6) is 0.917. The maximum atomic E-state index is 9.94. The summed E-state index contributed by atoms with van der Waals surface area (Å²) in [6, 6.07) is 11.3. The lowest BCUT2D eigenvalue weighted by molar-refractivity contribution is 0.465. The predicted molar refractivity (Wildman–Crippen MR) is 81.9 cm³/mol. The first kappa shape index (κ1) is 13.0. The van der Waals surface area contributed by atoms with Crippen LogP contribution in [0.4, 0.5) is 5.69 Å². The summed E-state index contributed by atoms with van der Waals surface area (Å²) in [5, 5.41) is 13.2. The van der Waals surface area contributed by atoms with Crippen molar-refractivity contribution in [3.63, 3.8) is 0 Å². The average Bonchev–Trinajstić information content (AvgIpc) is 2.79. The van der Waals surface area contributed by atoms with E-state index in [9.17, 15) is 5.11 Å². The zero-order valence-corrected chi connectivity index (χ0v) is 12.4. The van der Waals surface area contributed by atoms with Crippen molar-refractivity contribution in [1.29, 1.82) is 0 Å². The first-order valence-electron chi connectivity index (χ1n) is 6.21. The molecule has 0 bridgehead atoms. The average molecular weight is 333 g/mol. The van der Waals surface area contributed by atoms with Gasteiger partial charge >= 0.3 is 0 Å². The minimum atomic E-state index is 0.262. The van der Waals surface area contributed by atoms with E-state index in [1.165, 1.54) is 0 Å². The predicted octanol–water partition coefficient (Wildman–Crippen LogP) is 4.22. The van der Waals surface area contributed by atoms with E-state index in [1.807, 2.05) is 43.3 Å². The number of aryl methyl sites for hydroxylation is 1. The molecule has 102 valence electrons. The number of phenols is 1. The topological polar surface area (TPSA) is 58.3 Å². The first-order valence-corrected chi connectivity index (χ1v) is 7.00. The molecule has 2 N–H and O–H groups in total. The van der Waals surface area contributed by atoms with Gasteiger partial charge in [-0.1, -0.05) is 12.1 Å². The second kappa shape index (κ2) is 5.17. The molecule has 5 heteroatoms. The number of hydrogen-bond acceptors (Lipinski definition) is 4. The highest BCUT2D eigenvalue weighted by molar-refractivity contribution is 9.10. The molecule has 0 radical (unpaired) electrons. The van der Waals surface area contributed by atoms with Gasteiger partial charge in [0, 0.05) is 24.7 Å². The third kappa shape index (κ3) is 2.49. The fraction of sp³-hybridized carbons (Fsp3) is 0.133. The Labute approximate surface area is 124 Å². The Morgan fingerprint density at radius 3 is 3.00 bits per heavy atom. The zero-order valence-electron chi connectivity index (χ0n) is 10.9. The second-order valence-corrected chi connectivity index (χ2v) is 5.37. The Morgan fingerprint density at radius 2 is 2.15 bits per heavy atom. The van der Waals surface area contributed by atoms with Gasteiger partial charge in [0.1, 0.15) is 11.3 Å². The van der Waals surface area contributed by atoms with E-state index in [0.29, 0.717) is 16.9 Å². The highest BCUT2D eigenvalue weighted by atomic mass is 79.9. The zero-order chi connectivity index (χ0) is 14.1. The van der Waals surface area contributed by atoms with Crippen LogP contribution >= 0.6 is 15.9 Å². The van der Waals surface area contributed by atoms with Crippen LogP contribution in [-0.2, 0) is 6.54 Å². The number of oxazole rings is 1. The van der Waals surface area contributed by atoms with Gasteiger partial charge in [-0.15, -0.1) is 0 Å². The Balaban J connectivity index is 1.81. The van der Waals surface area contributed by atoms with Crippen LogP contribution in [-0.4, -0.2) is 10.1 Å². The number of halogens is 1. The first-order chi connectivity index (χ1) is 9.63. The number of para-hydroxylation sites is 1. The van der Waals surface area contributed by atoms with E-state index in [0.717, 1.165) is 22.4 Å². The molecule has 0 aliphatic carbocycles. The number of phenolic OH excluding ortho intramolecular Hbond substituents is 1. The van der Waals surface area contributed by atoms with Crippen molar-refractivity contribution in [2.45, 2.75) is 13.5 Å². The van der Waals surface area contributed by atoms with Gasteiger partial charge in [0.2, 0.25) is 0 Å². The Hall–Kier alpha value is -2.01. The maximum absolute atomic E-state index is 9.94. The van der Waals surface area contributed by atoms with Crippen LogP contribution < -0.4 is 5.32 Å². The van der Waals surface area contributed by atoms with Crippen LogP contribution in [0.2, 0.25) is 0 Å². The molecule has 0 aliphatic rings. The summed E-state index contributed by atoms with van der Waals surface area (Å²) in [6.45, 7) is 2.36. The Morgan fingerprint density at radius 1 is 1.30 bits per heavy atom. The summed E-state index contributed by atoms with van der Waals surface area (Å²) >= 11 is 3.31. The van der Waals surface area contributed by atoms with E-state index in [2.05, 4.69) is 26.2 Å². The smallest absolute Gasteiger partial charge is 0.192 e. The van der Waals surface area contributed by atoms with E-state index < -0.39 is 0 Å². The van der Waals surface area contributed by atoms with E-state index in [-0.39, 0.29) is 5.75 Å². The molecule has 0 amide bonds. The van der Waals surface area contributed by atoms with Crippen molar-refractivity contribution in [3.8, 4) is 5.75 Å². The molecule has 1 heterocycles. The van der Waals surface area contributed by atoms with Crippen molar-refractivity contribution in [2.24, 2.45) is 0 Å². The molecule has 2 aromatic carbocycles. The molecule has 0 spiro atoms. The van der Waals surface area contributed by atoms with Gasteiger partial charge in [-0.3, -0.25) is 0 Å². The lowest BCUT2D eigenvalue weighted by atomic mass is 10.2. The molecule has 3 rings (SSSR count). The molecule has 0 atom stereocenters. The Kier molecular flexibility index (Phi) is 3.36. The lowest BCUT2D eigenvalue weighted by Gasteiger charge is -2.09. The number of nitrogens with one attached hydrogen (secondary N) is 1. The largest absolute Gasteiger partial charge is 0.506 e. The van der Waals surface area contributed by atoms with Gasteiger partial charge in [-0.25, -0.2) is 4.98 Å². The number of hydrogen-bond donors (Lipinski definition) is 2. The highest BCUT2D eigenvalue weighted by Gasteiger charge is 2.06. The molecule has 0 saturated carbocycles. The van der Waals surface area contributed by atoms with Crippen LogP contribution in [0.3, 0.4) is 0 Å². The molecule has 1 aromatic heterocycles. The van der Waals surface area contributed by atoms with Crippen LogP contribution in [0.1, 0.15) is 11.5 Å². The Bertz CT molecular complexity index is 768. The van der Waals surface area contributed by atoms with Crippen molar-refractivity contribution >= 4 is 32.7 Å². The van der Waals surface area contributed by atoms with Gasteiger partial charge < -0.3 is 14.8 Å². The number of nitrogens with zero attached hydrogens (tertiary/aromatic N) is 1. The normalized spacial score (nSPS) is 10.9. The van der Waals surface area contributed by atoms with Gasteiger partial charge in [0.05, 0.1) is 4.47 Å². The highest BCUT2D eigenvalue weighted by Crippen LogP contribution is 2.28. The van der Waals surface area contributed by atoms with Gasteiger partial charge in [0.15, 0.2) is 11.5 Å². The molecule has 0 aliphatic heterocycles. The molecule has 0 saturated heterocycles. The lowest BCUT2D eigenvalue weighted by Crippen LogP contribution is -1.99. The van der Waals surface area contributed by atoms with E-state index in [1.54, 1.807) is 0 Å². The summed E-state index contributed by atoms with van der Waals surface area (Å²) in [7, 11) is 0. The molecular weight excluding hydrogens is 320 g/mol. The standard InChI is InChI=1S/C15H13BrN2O2/c1-9-18-13-7-11(5-6-14(13)20-9)17-8-10-3-2-4-12(16)15(10)19/h2-7,17,19H,8H2,1H3. The maximum Gasteiger partial charge on any atom is 0.192 e. The third-order valence-electron chi connectivity index (χ3n) is 3.05. The number of aromatic nitrogens is 1. The van der Waals surface area contributed by atoms with E-state index >= 15 is 0 Å². The number of aromatic hydroxyl groups is 1. The van der Waals surface area contributed by atoms with Crippen LogP contribution in [0.5, 0.6) is 5.75 Å². The SMILES string of the molecule is Cc1nc2cc(NCc3cccc(Br)c3O)ccc2o1. The van der Waals surface area contributed by atoms with Crippen LogP contribution in [0, 0.1) is 6.92 Å². The fourth-order valence-corrected chi connectivity index (χ4v) is 2.46. The number of rotatable bonds is 3. The molecule has 4 nitrogen and oxygen atoms in total. The fourth-order valence-electron chi connectivity index (χ4n) is 2.05. The number of benzene rings is 2. The minimum absolute atomic E-state index is 0.262. The van der Waals surface area contributed by atoms with Crippen molar-refractivity contribution in [3.05, 3.63) is 52.3 Å². The van der Waals surface area contributed by atoms with Crippen LogP contribution in [0.15, 0.2) is 45.3 Å². The molecular formula is C15H13BrN2O2. The minimum Gasteiger partial charge on any atom is -0.506 e. The summed E-state index contributed by atoms with van der Waals surface area (Å²) in [4.78, 5) is 4.30. The summed E-state index contributed by atoms with van der Waals surface area (Å²) in [6.07, 6.45) is 0. The number of anilines is 1. The van der Waals surface area contributed by atoms with Crippen LogP contribution in [0.25, 0.3) is 11.1 Å². The van der Waals surface area contributed by atoms with Crippen molar-refractivity contribution < 1.29 is 9.52 Å².